The van der Waals surface area contributed by atoms with E-state index in [2.05, 4.69) is 42.2 Å². The Labute approximate surface area is 136 Å². The molecule has 0 aliphatic carbocycles. The number of benzene rings is 2. The fraction of sp³-hybridized carbons (Fsp3) is 0.263. The number of hydrogen-bond donors (Lipinski definition) is 0. The fourth-order valence-electron chi connectivity index (χ4n) is 2.93. The number of rotatable bonds is 3. The number of hydrogen-bond acceptors (Lipinski definition) is 4. The molecule has 0 fully saturated rings. The largest absolute Gasteiger partial charge is 0.468 e. The third kappa shape index (κ3) is 2.97. The van der Waals surface area contributed by atoms with Crippen molar-refractivity contribution in [2.24, 2.45) is 4.99 Å². The number of fused-ring (bicyclic) bond motifs is 1. The molecule has 1 aliphatic heterocycles. The summed E-state index contributed by atoms with van der Waals surface area (Å²) in [7, 11) is 1.41. The van der Waals surface area contributed by atoms with Gasteiger partial charge < -0.3 is 9.64 Å². The molecule has 3 rings (SSSR count). The van der Waals surface area contributed by atoms with Gasteiger partial charge in [-0.1, -0.05) is 48.0 Å². The first-order valence-electron chi connectivity index (χ1n) is 7.64. The minimum atomic E-state index is -0.268. The highest BCUT2D eigenvalue weighted by Crippen LogP contribution is 2.38. The summed E-state index contributed by atoms with van der Waals surface area (Å²) >= 11 is 0. The lowest BCUT2D eigenvalue weighted by Gasteiger charge is -2.37. The van der Waals surface area contributed by atoms with Crippen LogP contribution in [0.1, 0.15) is 29.7 Å². The Bertz CT molecular complexity index is 750. The number of aliphatic imine (C=N–C) groups is 1. The van der Waals surface area contributed by atoms with E-state index in [1.165, 1.54) is 12.7 Å². The smallest absolute Gasteiger partial charge is 0.325 e. The van der Waals surface area contributed by atoms with E-state index in [9.17, 15) is 4.79 Å². The number of methoxy groups -OCH3 is 1. The summed E-state index contributed by atoms with van der Waals surface area (Å²) in [5.41, 5.74) is 4.41. The maximum Gasteiger partial charge on any atom is 0.325 e. The predicted octanol–water partition coefficient (Wildman–Crippen LogP) is 3.62. The van der Waals surface area contributed by atoms with Gasteiger partial charge in [-0.05, 0) is 25.5 Å². The average molecular weight is 308 g/mol. The lowest BCUT2D eigenvalue weighted by atomic mass is 9.93. The van der Waals surface area contributed by atoms with Crippen LogP contribution in [0.2, 0.25) is 0 Å². The molecule has 1 heterocycles. The Morgan fingerprint density at radius 1 is 1.13 bits per heavy atom. The predicted molar refractivity (Wildman–Crippen MR) is 91.0 cm³/mol. The monoisotopic (exact) mass is 308 g/mol. The van der Waals surface area contributed by atoms with Gasteiger partial charge in [0.1, 0.15) is 12.4 Å². The number of carbonyl (C=O) groups is 1. The van der Waals surface area contributed by atoms with E-state index in [-0.39, 0.29) is 18.6 Å². The highest BCUT2D eigenvalue weighted by molar-refractivity contribution is 5.89. The third-order valence-electron chi connectivity index (χ3n) is 4.16. The highest BCUT2D eigenvalue weighted by Gasteiger charge is 2.30. The summed E-state index contributed by atoms with van der Waals surface area (Å²) in [6, 6.07) is 16.4. The van der Waals surface area contributed by atoms with E-state index in [0.29, 0.717) is 0 Å². The van der Waals surface area contributed by atoms with Crippen molar-refractivity contribution >= 4 is 17.5 Å². The Kier molecular flexibility index (Phi) is 4.15. The number of esters is 1. The molecule has 0 amide bonds. The van der Waals surface area contributed by atoms with Crippen LogP contribution in [-0.4, -0.2) is 30.4 Å². The molecule has 2 aromatic carbocycles. The molecule has 0 aromatic heterocycles. The first-order valence-corrected chi connectivity index (χ1v) is 7.64. The van der Waals surface area contributed by atoms with Crippen LogP contribution in [0.25, 0.3) is 0 Å². The maximum atomic E-state index is 11.8. The van der Waals surface area contributed by atoms with Crippen molar-refractivity contribution in [1.29, 1.82) is 0 Å². The van der Waals surface area contributed by atoms with E-state index in [0.717, 1.165) is 22.6 Å². The summed E-state index contributed by atoms with van der Waals surface area (Å²) in [6.45, 7) is 4.18. The second-order valence-corrected chi connectivity index (χ2v) is 5.74. The van der Waals surface area contributed by atoms with Gasteiger partial charge in [-0.15, -0.1) is 0 Å². The lowest BCUT2D eigenvalue weighted by Crippen LogP contribution is -2.40. The van der Waals surface area contributed by atoms with Crippen LogP contribution in [0.5, 0.6) is 0 Å². The SMILES string of the molecule is COC(=O)CN1C(C)=Nc2ccccc2C1c1ccc(C)cc1. The second-order valence-electron chi connectivity index (χ2n) is 5.74. The molecule has 0 radical (unpaired) electrons. The zero-order chi connectivity index (χ0) is 16.4. The van der Waals surface area contributed by atoms with Crippen LogP contribution in [0.3, 0.4) is 0 Å². The minimum Gasteiger partial charge on any atom is -0.468 e. The number of para-hydroxylation sites is 1. The van der Waals surface area contributed by atoms with Crippen molar-refractivity contribution in [2.45, 2.75) is 19.9 Å². The molecule has 0 N–H and O–H groups in total. The van der Waals surface area contributed by atoms with E-state index < -0.39 is 0 Å². The molecule has 0 bridgehead atoms. The van der Waals surface area contributed by atoms with Crippen molar-refractivity contribution in [3.63, 3.8) is 0 Å². The second kappa shape index (κ2) is 6.24. The first kappa shape index (κ1) is 15.3. The van der Waals surface area contributed by atoms with Crippen molar-refractivity contribution in [1.82, 2.24) is 4.90 Å². The van der Waals surface area contributed by atoms with Crippen LogP contribution in [0.4, 0.5) is 5.69 Å². The third-order valence-corrected chi connectivity index (χ3v) is 4.16. The average Bonchev–Trinajstić information content (AvgIpc) is 2.56. The van der Waals surface area contributed by atoms with Gasteiger partial charge in [0.05, 0.1) is 18.8 Å². The van der Waals surface area contributed by atoms with E-state index in [1.807, 2.05) is 30.0 Å². The summed E-state index contributed by atoms with van der Waals surface area (Å²) in [5, 5.41) is 0. The number of aryl methyl sites for hydroxylation is 1. The van der Waals surface area contributed by atoms with Crippen LogP contribution in [-0.2, 0) is 9.53 Å². The maximum absolute atomic E-state index is 11.8. The van der Waals surface area contributed by atoms with Crippen molar-refractivity contribution in [3.8, 4) is 0 Å². The normalized spacial score (nSPS) is 16.6. The molecule has 2 aromatic rings. The van der Waals surface area contributed by atoms with Crippen LogP contribution >= 0.6 is 0 Å². The molecule has 23 heavy (non-hydrogen) atoms. The zero-order valence-electron chi connectivity index (χ0n) is 13.6. The summed E-state index contributed by atoms with van der Waals surface area (Å²) < 4.78 is 4.86. The number of carbonyl (C=O) groups excluding carboxylic acids is 1. The summed E-state index contributed by atoms with van der Waals surface area (Å²) in [5.74, 6) is 0.552. The van der Waals surface area contributed by atoms with Gasteiger partial charge in [0, 0.05) is 5.56 Å². The van der Waals surface area contributed by atoms with Gasteiger partial charge >= 0.3 is 5.97 Å². The van der Waals surface area contributed by atoms with Gasteiger partial charge in [-0.25, -0.2) is 4.99 Å². The Hall–Kier alpha value is -2.62. The fourth-order valence-corrected chi connectivity index (χ4v) is 2.93. The summed E-state index contributed by atoms with van der Waals surface area (Å²) in [4.78, 5) is 18.5. The molecule has 118 valence electrons. The molecule has 1 atom stereocenters. The van der Waals surface area contributed by atoms with Gasteiger partial charge in [0.25, 0.3) is 0 Å². The molecule has 4 nitrogen and oxygen atoms in total. The molecular weight excluding hydrogens is 288 g/mol. The number of nitrogens with zero attached hydrogens (tertiary/aromatic N) is 2. The number of amidine groups is 1. The molecule has 0 spiro atoms. The van der Waals surface area contributed by atoms with Crippen molar-refractivity contribution in [2.75, 3.05) is 13.7 Å². The van der Waals surface area contributed by atoms with Crippen molar-refractivity contribution < 1.29 is 9.53 Å². The topological polar surface area (TPSA) is 41.9 Å². The minimum absolute atomic E-state index is 0.0385. The molecule has 0 saturated heterocycles. The van der Waals surface area contributed by atoms with E-state index >= 15 is 0 Å². The first-order chi connectivity index (χ1) is 11.1. The Balaban J connectivity index is 2.10. The molecule has 1 aliphatic rings. The van der Waals surface area contributed by atoms with Crippen LogP contribution < -0.4 is 0 Å². The molecule has 1 unspecified atom stereocenters. The standard InChI is InChI=1S/C19H20N2O2/c1-13-8-10-15(11-9-13)19-16-6-4-5-7-17(16)20-14(2)21(19)12-18(22)23-3/h4-11,19H,12H2,1-3H3. The molecule has 0 saturated carbocycles. The summed E-state index contributed by atoms with van der Waals surface area (Å²) in [6.07, 6.45) is 0. The lowest BCUT2D eigenvalue weighted by molar-refractivity contribution is -0.141. The van der Waals surface area contributed by atoms with Gasteiger partial charge in [-0.2, -0.15) is 0 Å². The quantitative estimate of drug-likeness (QED) is 0.813. The Morgan fingerprint density at radius 3 is 2.52 bits per heavy atom. The molecular formula is C19H20N2O2. The Morgan fingerprint density at radius 2 is 1.83 bits per heavy atom. The van der Waals surface area contributed by atoms with Gasteiger partial charge in [-0.3, -0.25) is 4.79 Å². The molecule has 4 heteroatoms. The van der Waals surface area contributed by atoms with E-state index in [4.69, 9.17) is 4.74 Å². The zero-order valence-corrected chi connectivity index (χ0v) is 13.6. The van der Waals surface area contributed by atoms with Gasteiger partial charge in [0.15, 0.2) is 0 Å². The van der Waals surface area contributed by atoms with Crippen LogP contribution in [0, 0.1) is 6.92 Å². The van der Waals surface area contributed by atoms with Crippen LogP contribution in [0.15, 0.2) is 53.5 Å². The number of ether oxygens (including phenoxy) is 1. The van der Waals surface area contributed by atoms with Crippen molar-refractivity contribution in [3.05, 3.63) is 65.2 Å². The van der Waals surface area contributed by atoms with E-state index in [1.54, 1.807) is 0 Å². The highest BCUT2D eigenvalue weighted by atomic mass is 16.5. The van der Waals surface area contributed by atoms with Gasteiger partial charge in [0.2, 0.25) is 0 Å².